The highest BCUT2D eigenvalue weighted by Crippen LogP contribution is 2.65. The number of ether oxygens (including phenoxy) is 1. The lowest BCUT2D eigenvalue weighted by atomic mass is 9.49. The Morgan fingerprint density at radius 1 is 1.16 bits per heavy atom. The molecule has 3 nitrogen and oxygen atoms in total. The fraction of sp³-hybridized carbons (Fsp3) is 0.600. The van der Waals surface area contributed by atoms with Crippen molar-refractivity contribution in [3.8, 4) is 0 Å². The molecule has 0 amide bonds. The SMILES string of the molecule is O=C(CC12C[C@@H]3C[C@@H](CC(Br)(C3)C1)C2)OCC(=O)c1ccccc1F. The van der Waals surface area contributed by atoms with Crippen molar-refractivity contribution in [1.29, 1.82) is 0 Å². The van der Waals surface area contributed by atoms with Crippen LogP contribution in [0.2, 0.25) is 0 Å². The predicted molar refractivity (Wildman–Crippen MR) is 95.1 cm³/mol. The average molecular weight is 409 g/mol. The molecule has 25 heavy (non-hydrogen) atoms. The smallest absolute Gasteiger partial charge is 0.306 e. The van der Waals surface area contributed by atoms with Crippen LogP contribution in [0.3, 0.4) is 0 Å². The summed E-state index contributed by atoms with van der Waals surface area (Å²) >= 11 is 3.94. The van der Waals surface area contributed by atoms with Gasteiger partial charge in [0.2, 0.25) is 5.78 Å². The molecule has 1 aromatic rings. The number of carbonyl (C=O) groups is 2. The van der Waals surface area contributed by atoms with E-state index < -0.39 is 11.6 Å². The number of ketones is 1. The third-order valence-electron chi connectivity index (χ3n) is 6.17. The maximum absolute atomic E-state index is 13.6. The molecule has 0 saturated heterocycles. The highest BCUT2D eigenvalue weighted by atomic mass is 79.9. The highest BCUT2D eigenvalue weighted by Gasteiger charge is 2.57. The zero-order chi connectivity index (χ0) is 17.7. The summed E-state index contributed by atoms with van der Waals surface area (Å²) in [6.07, 6.45) is 7.29. The van der Waals surface area contributed by atoms with E-state index in [4.69, 9.17) is 4.74 Å². The first kappa shape index (κ1) is 17.2. The molecule has 134 valence electrons. The Hall–Kier alpha value is -1.23. The van der Waals surface area contributed by atoms with E-state index in [0.29, 0.717) is 18.3 Å². The molecule has 0 radical (unpaired) electrons. The standard InChI is InChI=1S/C20H22BrFO3/c21-20-8-13-5-14(9-20)7-19(6-13,12-20)10-18(24)25-11-17(23)15-3-1-2-4-16(15)22/h1-4,13-14H,5-12H2/t13-,14+,19?,20?. The van der Waals surface area contributed by atoms with Crippen LogP contribution in [0.5, 0.6) is 0 Å². The summed E-state index contributed by atoms with van der Waals surface area (Å²) in [4.78, 5) is 24.4. The van der Waals surface area contributed by atoms with Crippen molar-refractivity contribution in [3.63, 3.8) is 0 Å². The Kier molecular flexibility index (Phi) is 4.25. The van der Waals surface area contributed by atoms with Crippen LogP contribution >= 0.6 is 15.9 Å². The van der Waals surface area contributed by atoms with E-state index in [0.717, 1.165) is 19.3 Å². The van der Waals surface area contributed by atoms with Gasteiger partial charge in [-0.05, 0) is 67.9 Å². The summed E-state index contributed by atoms with van der Waals surface area (Å²) in [6.45, 7) is -0.387. The number of Topliss-reactive ketones (excluding diaryl/α,β-unsaturated/α-hetero) is 1. The van der Waals surface area contributed by atoms with Crippen LogP contribution in [-0.4, -0.2) is 22.7 Å². The van der Waals surface area contributed by atoms with Crippen molar-refractivity contribution in [2.45, 2.75) is 49.3 Å². The highest BCUT2D eigenvalue weighted by molar-refractivity contribution is 9.10. The molecule has 5 rings (SSSR count). The zero-order valence-corrected chi connectivity index (χ0v) is 15.7. The first-order valence-corrected chi connectivity index (χ1v) is 9.78. The van der Waals surface area contributed by atoms with Crippen molar-refractivity contribution in [3.05, 3.63) is 35.6 Å². The second-order valence-electron chi connectivity index (χ2n) is 8.35. The number of alkyl halides is 1. The number of hydrogen-bond acceptors (Lipinski definition) is 3. The van der Waals surface area contributed by atoms with Gasteiger partial charge in [-0.15, -0.1) is 0 Å². The van der Waals surface area contributed by atoms with Crippen LogP contribution in [0, 0.1) is 23.1 Å². The molecular formula is C20H22BrFO3. The molecule has 4 aliphatic carbocycles. The van der Waals surface area contributed by atoms with Gasteiger partial charge in [0, 0.05) is 4.32 Å². The molecular weight excluding hydrogens is 387 g/mol. The molecule has 4 bridgehead atoms. The molecule has 4 fully saturated rings. The van der Waals surface area contributed by atoms with Gasteiger partial charge in [-0.1, -0.05) is 28.1 Å². The molecule has 0 N–H and O–H groups in total. The topological polar surface area (TPSA) is 43.4 Å². The van der Waals surface area contributed by atoms with E-state index in [1.54, 1.807) is 6.07 Å². The van der Waals surface area contributed by atoms with Crippen molar-refractivity contribution in [2.75, 3.05) is 6.61 Å². The molecule has 2 unspecified atom stereocenters. The molecule has 5 heteroatoms. The Labute approximate surface area is 155 Å². The summed E-state index contributed by atoms with van der Waals surface area (Å²) < 4.78 is 19.0. The first-order chi connectivity index (χ1) is 11.9. The molecule has 1 aromatic carbocycles. The van der Waals surface area contributed by atoms with Crippen LogP contribution in [-0.2, 0) is 9.53 Å². The van der Waals surface area contributed by atoms with Gasteiger partial charge in [-0.3, -0.25) is 9.59 Å². The number of hydrogen-bond donors (Lipinski definition) is 0. The Balaban J connectivity index is 1.37. The average Bonchev–Trinajstić information content (AvgIpc) is 2.50. The summed E-state index contributed by atoms with van der Waals surface area (Å²) in [7, 11) is 0. The van der Waals surface area contributed by atoms with Gasteiger partial charge in [0.05, 0.1) is 12.0 Å². The van der Waals surface area contributed by atoms with Gasteiger partial charge >= 0.3 is 5.97 Å². The summed E-state index contributed by atoms with van der Waals surface area (Å²) in [5.41, 5.74) is -0.00404. The van der Waals surface area contributed by atoms with E-state index in [9.17, 15) is 14.0 Å². The maximum atomic E-state index is 13.6. The van der Waals surface area contributed by atoms with E-state index >= 15 is 0 Å². The van der Waals surface area contributed by atoms with Crippen molar-refractivity contribution in [1.82, 2.24) is 0 Å². The predicted octanol–water partition coefficient (Wildman–Crippen LogP) is 4.68. The molecule has 0 aliphatic heterocycles. The van der Waals surface area contributed by atoms with E-state index in [1.807, 2.05) is 0 Å². The maximum Gasteiger partial charge on any atom is 0.306 e. The summed E-state index contributed by atoms with van der Waals surface area (Å²) in [6, 6.07) is 5.78. The Morgan fingerprint density at radius 3 is 2.48 bits per heavy atom. The quantitative estimate of drug-likeness (QED) is 0.403. The lowest BCUT2D eigenvalue weighted by Gasteiger charge is -2.60. The third kappa shape index (κ3) is 3.40. The van der Waals surface area contributed by atoms with Gasteiger partial charge in [0.25, 0.3) is 0 Å². The minimum absolute atomic E-state index is 0.0196. The normalized spacial score (nSPS) is 35.6. The fourth-order valence-corrected chi connectivity index (χ4v) is 7.32. The Morgan fingerprint density at radius 2 is 1.84 bits per heavy atom. The van der Waals surface area contributed by atoms with E-state index in [1.165, 1.54) is 37.5 Å². The second kappa shape index (κ2) is 6.19. The molecule has 0 spiro atoms. The van der Waals surface area contributed by atoms with Gasteiger partial charge in [0.1, 0.15) is 5.82 Å². The number of carbonyl (C=O) groups excluding carboxylic acids is 2. The number of benzene rings is 1. The Bertz CT molecular complexity index is 703. The minimum atomic E-state index is -0.578. The number of rotatable bonds is 5. The molecule has 4 atom stereocenters. The zero-order valence-electron chi connectivity index (χ0n) is 14.1. The first-order valence-electron chi connectivity index (χ1n) is 8.99. The molecule has 4 aliphatic rings. The van der Waals surface area contributed by atoms with Gasteiger partial charge in [-0.2, -0.15) is 0 Å². The fourth-order valence-electron chi connectivity index (χ4n) is 5.81. The lowest BCUT2D eigenvalue weighted by molar-refractivity contribution is -0.149. The van der Waals surface area contributed by atoms with Gasteiger partial charge < -0.3 is 4.74 Å². The van der Waals surface area contributed by atoms with Crippen LogP contribution in [0.15, 0.2) is 24.3 Å². The summed E-state index contributed by atoms with van der Waals surface area (Å²) in [5, 5.41) is 0. The largest absolute Gasteiger partial charge is 0.457 e. The molecule has 4 saturated carbocycles. The van der Waals surface area contributed by atoms with Crippen molar-refractivity contribution in [2.24, 2.45) is 17.3 Å². The van der Waals surface area contributed by atoms with E-state index in [-0.39, 0.29) is 27.9 Å². The van der Waals surface area contributed by atoms with Gasteiger partial charge in [-0.25, -0.2) is 4.39 Å². The van der Waals surface area contributed by atoms with E-state index in [2.05, 4.69) is 15.9 Å². The molecule has 0 aromatic heterocycles. The lowest BCUT2D eigenvalue weighted by Crippen LogP contribution is -2.53. The van der Waals surface area contributed by atoms with Crippen LogP contribution < -0.4 is 0 Å². The number of esters is 1. The van der Waals surface area contributed by atoms with Crippen LogP contribution in [0.4, 0.5) is 4.39 Å². The van der Waals surface area contributed by atoms with Gasteiger partial charge in [0.15, 0.2) is 6.61 Å². The van der Waals surface area contributed by atoms with Crippen LogP contribution in [0.1, 0.15) is 55.3 Å². The third-order valence-corrected chi connectivity index (χ3v) is 7.10. The van der Waals surface area contributed by atoms with Crippen molar-refractivity contribution < 1.29 is 18.7 Å². The summed E-state index contributed by atoms with van der Waals surface area (Å²) in [5.74, 6) is 0.00414. The minimum Gasteiger partial charge on any atom is -0.457 e. The number of halogens is 2. The molecule has 0 heterocycles. The monoisotopic (exact) mass is 408 g/mol. The second-order valence-corrected chi connectivity index (χ2v) is 10.0. The van der Waals surface area contributed by atoms with Crippen LogP contribution in [0.25, 0.3) is 0 Å². The van der Waals surface area contributed by atoms with Crippen molar-refractivity contribution >= 4 is 27.7 Å².